The molecule has 7 nitrogen and oxygen atoms in total. The summed E-state index contributed by atoms with van der Waals surface area (Å²) in [7, 11) is -3.02. The van der Waals surface area contributed by atoms with Crippen LogP contribution < -0.4 is 20.1 Å². The first kappa shape index (κ1) is 15.4. The number of nitrogens with one attached hydrogen (secondary N) is 2. The van der Waals surface area contributed by atoms with Crippen molar-refractivity contribution in [2.45, 2.75) is 12.5 Å². The van der Waals surface area contributed by atoms with Crippen LogP contribution in [0.3, 0.4) is 0 Å². The van der Waals surface area contributed by atoms with Gasteiger partial charge in [-0.25, -0.2) is 13.2 Å². The van der Waals surface area contributed by atoms with Gasteiger partial charge in [-0.15, -0.1) is 0 Å². The number of halogens is 1. The summed E-state index contributed by atoms with van der Waals surface area (Å²) in [6, 6.07) is 2.61. The molecule has 0 spiro atoms. The SMILES string of the molecule is O=C(Nc1cc2c(cc1Br)OCCO2)N[C@H]1CCS(=O)(=O)C1. The van der Waals surface area contributed by atoms with Gasteiger partial charge in [0.1, 0.15) is 13.2 Å². The van der Waals surface area contributed by atoms with E-state index in [1.165, 1.54) is 0 Å². The number of anilines is 1. The first-order chi connectivity index (χ1) is 10.4. The van der Waals surface area contributed by atoms with Crippen LogP contribution in [0.4, 0.5) is 10.5 Å². The van der Waals surface area contributed by atoms with Gasteiger partial charge in [0, 0.05) is 22.6 Å². The summed E-state index contributed by atoms with van der Waals surface area (Å²) in [5, 5.41) is 5.36. The van der Waals surface area contributed by atoms with E-state index in [1.807, 2.05) is 0 Å². The van der Waals surface area contributed by atoms with Crippen LogP contribution >= 0.6 is 15.9 Å². The molecule has 22 heavy (non-hydrogen) atoms. The fourth-order valence-electron chi connectivity index (χ4n) is 2.41. The maximum Gasteiger partial charge on any atom is 0.319 e. The average Bonchev–Trinajstić information content (AvgIpc) is 2.78. The lowest BCUT2D eigenvalue weighted by atomic mass is 10.2. The molecule has 1 saturated heterocycles. The second kappa shape index (κ2) is 5.96. The second-order valence-corrected chi connectivity index (χ2v) is 8.26. The van der Waals surface area contributed by atoms with Crippen LogP contribution in [0.15, 0.2) is 16.6 Å². The first-order valence-corrected chi connectivity index (χ1v) is 9.41. The van der Waals surface area contributed by atoms with Gasteiger partial charge in [0.05, 0.1) is 17.2 Å². The maximum atomic E-state index is 12.0. The van der Waals surface area contributed by atoms with Gasteiger partial charge in [-0.1, -0.05) is 0 Å². The molecular formula is C13H15BrN2O5S. The standard InChI is InChI=1S/C13H15BrN2O5S/c14-9-5-11-12(21-3-2-20-11)6-10(9)16-13(17)15-8-1-4-22(18,19)7-8/h5-6,8H,1-4,7H2,(H2,15,16,17)/t8-/m0/s1. The maximum absolute atomic E-state index is 12.0. The van der Waals surface area contributed by atoms with E-state index in [-0.39, 0.29) is 17.5 Å². The van der Waals surface area contributed by atoms with Crippen LogP contribution in [-0.4, -0.2) is 45.2 Å². The molecule has 0 radical (unpaired) electrons. The van der Waals surface area contributed by atoms with Crippen LogP contribution in [0.5, 0.6) is 11.5 Å². The van der Waals surface area contributed by atoms with E-state index in [9.17, 15) is 13.2 Å². The number of urea groups is 1. The molecule has 2 N–H and O–H groups in total. The van der Waals surface area contributed by atoms with E-state index < -0.39 is 15.9 Å². The molecule has 0 aromatic heterocycles. The Morgan fingerprint density at radius 3 is 2.55 bits per heavy atom. The molecule has 0 bridgehead atoms. The van der Waals surface area contributed by atoms with E-state index in [0.29, 0.717) is 41.3 Å². The Balaban J connectivity index is 1.66. The number of amides is 2. The van der Waals surface area contributed by atoms with Crippen LogP contribution in [0.1, 0.15) is 6.42 Å². The van der Waals surface area contributed by atoms with Gasteiger partial charge in [-0.3, -0.25) is 0 Å². The third-order valence-corrected chi connectivity index (χ3v) is 5.87. The molecule has 3 rings (SSSR count). The van der Waals surface area contributed by atoms with Crippen LogP contribution in [-0.2, 0) is 9.84 Å². The molecule has 2 amide bonds. The minimum absolute atomic E-state index is 0.0112. The fraction of sp³-hybridized carbons (Fsp3) is 0.462. The highest BCUT2D eigenvalue weighted by molar-refractivity contribution is 9.10. The Hall–Kier alpha value is -1.48. The van der Waals surface area contributed by atoms with Crippen molar-refractivity contribution in [3.05, 3.63) is 16.6 Å². The number of hydrogen-bond donors (Lipinski definition) is 2. The lowest BCUT2D eigenvalue weighted by Crippen LogP contribution is -2.38. The summed E-state index contributed by atoms with van der Waals surface area (Å²) in [5.41, 5.74) is 0.530. The average molecular weight is 391 g/mol. The van der Waals surface area contributed by atoms with Crippen molar-refractivity contribution >= 4 is 37.5 Å². The van der Waals surface area contributed by atoms with Gasteiger partial charge in [-0.05, 0) is 22.4 Å². The first-order valence-electron chi connectivity index (χ1n) is 6.80. The van der Waals surface area contributed by atoms with Crippen molar-refractivity contribution in [1.29, 1.82) is 0 Å². The predicted octanol–water partition coefficient (Wildman–Crippen LogP) is 1.53. The second-order valence-electron chi connectivity index (χ2n) is 5.17. The van der Waals surface area contributed by atoms with Gasteiger partial charge in [0.25, 0.3) is 0 Å². The van der Waals surface area contributed by atoms with Crippen LogP contribution in [0.25, 0.3) is 0 Å². The predicted molar refractivity (Wildman–Crippen MR) is 84.3 cm³/mol. The van der Waals surface area contributed by atoms with Gasteiger partial charge in [0.15, 0.2) is 21.3 Å². The summed E-state index contributed by atoms with van der Waals surface area (Å²) in [5.74, 6) is 1.29. The number of benzene rings is 1. The number of fused-ring (bicyclic) bond motifs is 1. The quantitative estimate of drug-likeness (QED) is 0.798. The smallest absolute Gasteiger partial charge is 0.319 e. The molecule has 1 aromatic rings. The Labute approximate surface area is 136 Å². The van der Waals surface area contributed by atoms with Crippen molar-refractivity contribution in [2.24, 2.45) is 0 Å². The van der Waals surface area contributed by atoms with E-state index in [4.69, 9.17) is 9.47 Å². The molecule has 0 saturated carbocycles. The van der Waals surface area contributed by atoms with Crippen LogP contribution in [0, 0.1) is 0 Å². The van der Waals surface area contributed by atoms with Crippen molar-refractivity contribution in [2.75, 3.05) is 30.0 Å². The molecule has 2 heterocycles. The lowest BCUT2D eigenvalue weighted by Gasteiger charge is -2.20. The molecule has 0 unspecified atom stereocenters. The molecule has 0 aliphatic carbocycles. The van der Waals surface area contributed by atoms with E-state index in [0.717, 1.165) is 0 Å². The number of carbonyl (C=O) groups is 1. The zero-order valence-electron chi connectivity index (χ0n) is 11.6. The molecule has 1 fully saturated rings. The van der Waals surface area contributed by atoms with Crippen LogP contribution in [0.2, 0.25) is 0 Å². The molecule has 120 valence electrons. The number of hydrogen-bond acceptors (Lipinski definition) is 5. The van der Waals surface area contributed by atoms with Gasteiger partial charge in [-0.2, -0.15) is 0 Å². The zero-order chi connectivity index (χ0) is 15.7. The van der Waals surface area contributed by atoms with E-state index in [1.54, 1.807) is 12.1 Å². The summed E-state index contributed by atoms with van der Waals surface area (Å²) in [6.07, 6.45) is 0.443. The fourth-order valence-corrected chi connectivity index (χ4v) is 4.51. The molecule has 2 aliphatic heterocycles. The van der Waals surface area contributed by atoms with Crippen molar-refractivity contribution in [3.8, 4) is 11.5 Å². The van der Waals surface area contributed by atoms with E-state index in [2.05, 4.69) is 26.6 Å². The van der Waals surface area contributed by atoms with Gasteiger partial charge < -0.3 is 20.1 Å². The highest BCUT2D eigenvalue weighted by Gasteiger charge is 2.29. The third kappa shape index (κ3) is 3.46. The third-order valence-electron chi connectivity index (χ3n) is 3.45. The molecular weight excluding hydrogens is 376 g/mol. The highest BCUT2D eigenvalue weighted by Crippen LogP contribution is 2.38. The Kier molecular flexibility index (Phi) is 4.18. The molecule has 1 atom stereocenters. The largest absolute Gasteiger partial charge is 0.486 e. The summed E-state index contributed by atoms with van der Waals surface area (Å²) >= 11 is 3.36. The van der Waals surface area contributed by atoms with Crippen molar-refractivity contribution in [1.82, 2.24) is 5.32 Å². The van der Waals surface area contributed by atoms with E-state index >= 15 is 0 Å². The summed E-state index contributed by atoms with van der Waals surface area (Å²) in [6.45, 7) is 0.947. The van der Waals surface area contributed by atoms with Crippen molar-refractivity contribution < 1.29 is 22.7 Å². The summed E-state index contributed by atoms with van der Waals surface area (Å²) in [4.78, 5) is 12.0. The van der Waals surface area contributed by atoms with Crippen molar-refractivity contribution in [3.63, 3.8) is 0 Å². The molecule has 2 aliphatic rings. The minimum atomic E-state index is -3.02. The van der Waals surface area contributed by atoms with Gasteiger partial charge >= 0.3 is 6.03 Å². The minimum Gasteiger partial charge on any atom is -0.486 e. The molecule has 1 aromatic carbocycles. The number of carbonyl (C=O) groups excluding carboxylic acids is 1. The highest BCUT2D eigenvalue weighted by atomic mass is 79.9. The zero-order valence-corrected chi connectivity index (χ0v) is 14.0. The van der Waals surface area contributed by atoms with Gasteiger partial charge in [0.2, 0.25) is 0 Å². The Morgan fingerprint density at radius 1 is 1.23 bits per heavy atom. The molecule has 9 heteroatoms. The Morgan fingerprint density at radius 2 is 1.91 bits per heavy atom. The summed E-state index contributed by atoms with van der Waals surface area (Å²) < 4.78 is 34.3. The number of ether oxygens (including phenoxy) is 2. The number of sulfone groups is 1. The number of rotatable bonds is 2. The Bertz CT molecular complexity index is 707. The lowest BCUT2D eigenvalue weighted by molar-refractivity contribution is 0.171. The normalized spacial score (nSPS) is 22.1. The monoisotopic (exact) mass is 390 g/mol. The topological polar surface area (TPSA) is 93.7 Å².